The second kappa shape index (κ2) is 42.8. The average molecular weight is 1900 g/mol. The number of tetrazole rings is 1. The summed E-state index contributed by atoms with van der Waals surface area (Å²) in [6.45, 7) is 0.0323. The van der Waals surface area contributed by atoms with E-state index in [9.17, 15) is 97.5 Å². The normalized spacial score (nSPS) is 22.2. The number of hydrogen-bond donors (Lipinski definition) is 29. The third-order valence-electron chi connectivity index (χ3n) is 24.7. The number of carbonyl (C=O) groups is 5. The van der Waals surface area contributed by atoms with Crippen molar-refractivity contribution in [1.82, 2.24) is 71.2 Å². The maximum Gasteiger partial charge on any atom is 0.451 e. The molecule has 34 N–H and O–H groups in total. The Hall–Kier alpha value is -13.9. The minimum Gasteiger partial charge on any atom is -0.480 e. The number of anilines is 15. The van der Waals surface area contributed by atoms with Crippen molar-refractivity contribution >= 4 is 152 Å². The fraction of sp³-hybridized carbons (Fsp3) is 0.486. The van der Waals surface area contributed by atoms with Crippen LogP contribution in [-0.2, 0) is 24.0 Å². The van der Waals surface area contributed by atoms with Crippen LogP contribution in [0.15, 0.2) is 91.5 Å². The van der Waals surface area contributed by atoms with Crippen LogP contribution in [0.3, 0.4) is 0 Å². The summed E-state index contributed by atoms with van der Waals surface area (Å²) in [6.07, 6.45) is 12.2. The molecule has 5 aliphatic rings. The number of nitrogens with zero attached hydrogens (tertiary/aromatic N) is 15. The van der Waals surface area contributed by atoms with Crippen LogP contribution >= 0.6 is 0 Å². The largest absolute Gasteiger partial charge is 0.480 e. The van der Waals surface area contributed by atoms with Crippen LogP contribution in [0.25, 0.3) is 0 Å². The van der Waals surface area contributed by atoms with E-state index in [1.807, 2.05) is 0 Å². The lowest BCUT2D eigenvalue weighted by Crippen LogP contribution is -2.55. The zero-order chi connectivity index (χ0) is 99.5. The number of aromatic amines is 4. The monoisotopic (exact) mass is 1900 g/mol. The van der Waals surface area contributed by atoms with Gasteiger partial charge in [-0.05, 0) is 75.0 Å². The lowest BCUT2D eigenvalue weighted by atomic mass is 9.78. The number of nitrogens with two attached hydrogens (primary N) is 5. The van der Waals surface area contributed by atoms with E-state index in [1.165, 1.54) is 61.9 Å². The zero-order valence-corrected chi connectivity index (χ0v) is 71.9. The van der Waals surface area contributed by atoms with Gasteiger partial charge in [0, 0.05) is 107 Å². The molecular weight excluding hydrogens is 1810 g/mol. The van der Waals surface area contributed by atoms with Gasteiger partial charge >= 0.3 is 65.4 Å². The van der Waals surface area contributed by atoms with E-state index in [0.717, 1.165) is 0 Å². The predicted molar refractivity (Wildman–Crippen MR) is 483 cm³/mol. The van der Waals surface area contributed by atoms with Gasteiger partial charge in [0.2, 0.25) is 11.9 Å². The Balaban J connectivity index is 0.000000163. The quantitative estimate of drug-likeness (QED) is 0.0125. The van der Waals surface area contributed by atoms with Crippen molar-refractivity contribution in [2.75, 3.05) is 117 Å². The van der Waals surface area contributed by atoms with Gasteiger partial charge in [-0.25, -0.2) is 20.1 Å². The molecular formula is C72H96B5N29O30. The summed E-state index contributed by atoms with van der Waals surface area (Å²) in [5, 5.41) is 180. The highest BCUT2D eigenvalue weighted by atomic mass is 16.4. The van der Waals surface area contributed by atoms with Gasteiger partial charge in [-0.2, -0.15) is 25.6 Å². The van der Waals surface area contributed by atoms with Crippen LogP contribution < -0.4 is 134 Å². The second-order valence-corrected chi connectivity index (χ2v) is 33.7. The minimum absolute atomic E-state index is 0.00623. The fourth-order valence-corrected chi connectivity index (χ4v) is 17.3. The summed E-state index contributed by atoms with van der Waals surface area (Å²) >= 11 is 0. The van der Waals surface area contributed by atoms with Crippen LogP contribution in [0.1, 0.15) is 64.2 Å². The first-order valence-corrected chi connectivity index (χ1v) is 42.1. The number of hydrogen-bond acceptors (Lipinski definition) is 50. The summed E-state index contributed by atoms with van der Waals surface area (Å²) < 4.78 is 0. The molecule has 0 aliphatic carbocycles. The number of aromatic nitrogens is 14. The van der Waals surface area contributed by atoms with Crippen molar-refractivity contribution < 1.29 is 99.7 Å². The number of nitrogens with one attached hydrogen (secondary N) is 9. The molecule has 0 bridgehead atoms. The maximum atomic E-state index is 12.2. The maximum absolute atomic E-state index is 12.2. The Bertz CT molecular complexity index is 5640. The molecule has 0 radical (unpaired) electrons. The molecule has 0 spiro atoms. The van der Waals surface area contributed by atoms with Crippen LogP contribution in [0.2, 0.25) is 31.6 Å². The molecule has 5 fully saturated rings. The van der Waals surface area contributed by atoms with E-state index in [-0.39, 0.29) is 178 Å². The molecule has 10 heterocycles. The molecule has 5 aromatic carbocycles. The molecule has 5 saturated heterocycles. The molecule has 724 valence electrons. The van der Waals surface area contributed by atoms with Gasteiger partial charge in [-0.1, -0.05) is 37.2 Å². The van der Waals surface area contributed by atoms with E-state index >= 15 is 0 Å². The van der Waals surface area contributed by atoms with E-state index < -0.39 is 177 Å². The Morgan fingerprint density at radius 1 is 0.382 bits per heavy atom. The van der Waals surface area contributed by atoms with Crippen molar-refractivity contribution in [3.05, 3.63) is 146 Å². The molecule has 59 nitrogen and oxygen atoms in total. The van der Waals surface area contributed by atoms with Crippen LogP contribution in [0, 0.1) is 29.6 Å². The van der Waals surface area contributed by atoms with Crippen LogP contribution in [-0.4, -0.2) is 306 Å². The highest BCUT2D eigenvalue weighted by molar-refractivity contribution is 6.42. The predicted octanol–water partition coefficient (Wildman–Crippen LogP) is -11.3. The Labute approximate surface area is 763 Å². The summed E-state index contributed by atoms with van der Waals surface area (Å²) in [4.78, 5) is 205. The van der Waals surface area contributed by atoms with Crippen LogP contribution in [0.4, 0.5) is 86.4 Å². The SMILES string of the molecule is N[C@@]1(C(=O)O)CN(c2c(Nc3cn[nH]n3)c(=O)c2=O)C[C@@H]1CCCB(O)O.N[C@@]1(C(=O)O)CN(c2c(Nc3cnc[nH]3)c(=O)c2=O)C[C@@H]1CCCB(O)O.N[C@@]1(C(=O)O)CN(c2c(Nc3ncccn3)c(=O)c2=O)C[C@@H]1CCCB(O)O.N[C@@]1(C(=O)O)CN(c2c(Nc3ncn[nH]3)c(=O)c2=O)C[C@@H]1CCCB(O)O.N[C@@]1(C(=O)O)CN(c2c(Nc3nn[nH]n3)c(=O)c2=O)C[C@@H]1CCCB(O)O. The molecule has 5 aliphatic heterocycles. The first-order valence-electron chi connectivity index (χ1n) is 42.1. The van der Waals surface area contributed by atoms with Gasteiger partial charge in [-0.3, -0.25) is 71.9 Å². The van der Waals surface area contributed by atoms with Gasteiger partial charge in [0.05, 0.1) is 18.7 Å². The van der Waals surface area contributed by atoms with Crippen LogP contribution in [0.5, 0.6) is 0 Å². The zero-order valence-electron chi connectivity index (χ0n) is 71.9. The number of H-pyrrole nitrogens is 4. The second-order valence-electron chi connectivity index (χ2n) is 33.7. The number of rotatable bonds is 40. The summed E-state index contributed by atoms with van der Waals surface area (Å²) in [5.74, 6) is -7.77. The number of carboxylic acid groups (broad SMARTS) is 5. The van der Waals surface area contributed by atoms with Gasteiger partial charge in [-0.15, -0.1) is 10.2 Å². The van der Waals surface area contributed by atoms with Gasteiger partial charge < -0.3 is 161 Å². The minimum atomic E-state index is -1.64. The van der Waals surface area contributed by atoms with E-state index in [1.54, 1.807) is 6.07 Å². The van der Waals surface area contributed by atoms with E-state index in [2.05, 4.69) is 97.7 Å². The first-order chi connectivity index (χ1) is 64.2. The van der Waals surface area contributed by atoms with Crippen molar-refractivity contribution in [2.24, 2.45) is 58.3 Å². The van der Waals surface area contributed by atoms with Gasteiger partial charge in [0.15, 0.2) is 5.82 Å². The molecule has 0 amide bonds. The molecule has 64 heteroatoms. The topological polar surface area (TPSA) is 958 Å². The number of aliphatic carboxylic acids is 5. The van der Waals surface area contributed by atoms with Crippen molar-refractivity contribution in [2.45, 2.75) is 124 Å². The standard InChI is InChI=1S/C16H20BN5O6.C15H20BN5O6.2C14H19BN6O6.C13H18BN7O6/c18-16(14(25)26)8-22(7-9(16)3-1-4-17(27)28)11-10(12(23)13(11)24)21-15-19-5-2-6-20-15;17-15(14(24)25)6-21(5-8(15)2-1-3-16(26)27)11-10(12(22)13(11)23)20-9-4-18-7-19-9;16-14(13(24)25)6-21(5-7(14)2-1-3-15(26)27)10-9(11(22)12(10)23)18-8-4-17-20-19-8;16-14(12(24)25)5-21(4-7(14)2-1-3-15(26)27)9-8(10(22)11(9)23)19-13-17-6-18-20-13;15-13(11(24)25)5-21(4-6(13)2-1-3-14(26)27)8-7(9(22)10(8)23)16-12-17-19-20-18-12/h2,5-6,9,27-28H,1,3-4,7-8,18H2,(H,25,26)(H,19,20,21);4,7-8,20,26-27H,1-3,5-6,17H2,(H,18,19)(H,24,25);4,7,26-27H,1-3,5-6,16H2,(H,24,25)(H2,17,18,19,20);6-7,26-27H,1-5,16H2,(H,24,25)(H2,17,18,19,20);6,26-27H,1-5,15H2,(H,24,25)(H2,16,17,18,19,20)/t9-,16-;8-,15-;2*7-,14-;6-,13-/m00000/s1. The smallest absolute Gasteiger partial charge is 0.451 e. The first kappa shape index (κ1) is 103. The molecule has 15 rings (SSSR count). The third kappa shape index (κ3) is 22.2. The Morgan fingerprint density at radius 3 is 0.956 bits per heavy atom. The van der Waals surface area contributed by atoms with E-state index in [4.69, 9.17) is 78.9 Å². The Morgan fingerprint density at radius 2 is 0.691 bits per heavy atom. The summed E-state index contributed by atoms with van der Waals surface area (Å²) in [7, 11) is -7.40. The highest BCUT2D eigenvalue weighted by Gasteiger charge is 2.57. The summed E-state index contributed by atoms with van der Waals surface area (Å²) in [5.41, 5.74) is 15.6. The van der Waals surface area contributed by atoms with Gasteiger partial charge in [0.1, 0.15) is 96.7 Å². The number of carboxylic acids is 5. The lowest BCUT2D eigenvalue weighted by Gasteiger charge is -2.25. The molecule has 136 heavy (non-hydrogen) atoms. The summed E-state index contributed by atoms with van der Waals surface area (Å²) in [6, 6.07) is 1.60. The molecule has 10 atom stereocenters. The lowest BCUT2D eigenvalue weighted by molar-refractivity contribution is -0.145. The fourth-order valence-electron chi connectivity index (χ4n) is 17.3. The highest BCUT2D eigenvalue weighted by Crippen LogP contribution is 2.42. The van der Waals surface area contributed by atoms with Gasteiger partial charge in [0.25, 0.3) is 60.2 Å². The van der Waals surface area contributed by atoms with Crippen molar-refractivity contribution in [3.63, 3.8) is 0 Å². The van der Waals surface area contributed by atoms with E-state index in [0.29, 0.717) is 70.0 Å². The van der Waals surface area contributed by atoms with Crippen molar-refractivity contribution in [1.29, 1.82) is 0 Å². The number of imidazole rings is 1. The molecule has 5 aromatic heterocycles. The Kier molecular flexibility index (Phi) is 32.3. The molecule has 0 saturated carbocycles. The molecule has 10 aromatic rings. The van der Waals surface area contributed by atoms with Crippen molar-refractivity contribution in [3.8, 4) is 0 Å². The molecule has 0 unspecified atom stereocenters. The third-order valence-corrected chi connectivity index (χ3v) is 24.7. The average Bonchev–Trinajstić information content (AvgIpc) is 1.61.